The van der Waals surface area contributed by atoms with E-state index in [4.69, 9.17) is 9.31 Å². The van der Waals surface area contributed by atoms with Gasteiger partial charge < -0.3 is 9.31 Å². The van der Waals surface area contributed by atoms with Crippen LogP contribution in [0.3, 0.4) is 0 Å². The van der Waals surface area contributed by atoms with Crippen molar-refractivity contribution in [3.8, 4) is 0 Å². The van der Waals surface area contributed by atoms with E-state index < -0.39 is 0 Å². The summed E-state index contributed by atoms with van der Waals surface area (Å²) in [4.78, 5) is 0. The zero-order valence-corrected chi connectivity index (χ0v) is 6.18. The van der Waals surface area contributed by atoms with Crippen LogP contribution in [0.1, 0.15) is 27.2 Å². The fourth-order valence-electron chi connectivity index (χ4n) is 1.04. The summed E-state index contributed by atoms with van der Waals surface area (Å²) in [6.45, 7) is 6.16. The molecule has 1 heterocycles. The number of hydrogen-bond donors (Lipinski definition) is 0. The number of hydrogen-bond acceptors (Lipinski definition) is 2. The predicted octanol–water partition coefficient (Wildman–Crippen LogP) is 1.12. The average Bonchev–Trinajstić information content (AvgIpc) is 1.60. The molecule has 9 heavy (non-hydrogen) atoms. The number of rotatable bonds is 0. The highest BCUT2D eigenvalue weighted by Crippen LogP contribution is 2.21. The van der Waals surface area contributed by atoms with Crippen molar-refractivity contribution in [3.05, 3.63) is 0 Å². The largest absolute Gasteiger partial charge is 0.488 e. The lowest BCUT2D eigenvalue weighted by atomic mass is 9.97. The minimum atomic E-state index is -0.0301. The van der Waals surface area contributed by atoms with E-state index in [0.29, 0.717) is 6.10 Å². The Hall–Kier alpha value is -0.0151. The van der Waals surface area contributed by atoms with Gasteiger partial charge in [0.2, 0.25) is 0 Å². The Morgan fingerprint density at radius 3 is 2.56 bits per heavy atom. The lowest BCUT2D eigenvalue weighted by Gasteiger charge is -2.33. The highest BCUT2D eigenvalue weighted by Gasteiger charge is 2.27. The molecule has 0 aromatic carbocycles. The minimum absolute atomic E-state index is 0.0301. The van der Waals surface area contributed by atoms with Crippen LogP contribution in [0.2, 0.25) is 0 Å². The van der Waals surface area contributed by atoms with Crippen molar-refractivity contribution in [2.24, 2.45) is 0 Å². The topological polar surface area (TPSA) is 18.5 Å². The van der Waals surface area contributed by atoms with Gasteiger partial charge in [0.05, 0.1) is 5.60 Å². The van der Waals surface area contributed by atoms with E-state index in [1.807, 2.05) is 6.92 Å². The summed E-state index contributed by atoms with van der Waals surface area (Å²) >= 11 is 0. The summed E-state index contributed by atoms with van der Waals surface area (Å²) in [5.74, 6) is 0. The molecule has 0 unspecified atom stereocenters. The monoisotopic (exact) mass is 127 g/mol. The summed E-state index contributed by atoms with van der Waals surface area (Å²) in [6.07, 6.45) is 1.26. The van der Waals surface area contributed by atoms with Crippen LogP contribution >= 0.6 is 0 Å². The third kappa shape index (κ3) is 1.99. The summed E-state index contributed by atoms with van der Waals surface area (Å²) in [6, 6.07) is 0. The van der Waals surface area contributed by atoms with Crippen LogP contribution in [-0.2, 0) is 9.31 Å². The van der Waals surface area contributed by atoms with Crippen molar-refractivity contribution in [3.63, 3.8) is 0 Å². The van der Waals surface area contributed by atoms with Gasteiger partial charge in [-0.15, -0.1) is 0 Å². The van der Waals surface area contributed by atoms with E-state index in [2.05, 4.69) is 13.8 Å². The van der Waals surface area contributed by atoms with Crippen LogP contribution in [0.4, 0.5) is 0 Å². The molecule has 0 amide bonds. The maximum atomic E-state index is 5.19. The second-order valence-electron chi connectivity index (χ2n) is 3.12. The van der Waals surface area contributed by atoms with Gasteiger partial charge in [0.25, 0.3) is 0 Å². The van der Waals surface area contributed by atoms with Crippen LogP contribution < -0.4 is 0 Å². The van der Waals surface area contributed by atoms with Crippen molar-refractivity contribution in [1.82, 2.24) is 0 Å². The zero-order chi connectivity index (χ0) is 6.91. The summed E-state index contributed by atoms with van der Waals surface area (Å²) in [5.41, 5.74) is -0.0301. The van der Waals surface area contributed by atoms with Crippen LogP contribution in [0.15, 0.2) is 0 Å². The molecule has 1 radical (unpaired) electrons. The molecule has 3 heteroatoms. The first kappa shape index (κ1) is 7.10. The summed E-state index contributed by atoms with van der Waals surface area (Å²) < 4.78 is 10.3. The van der Waals surface area contributed by atoms with E-state index in [1.54, 1.807) is 0 Å². The van der Waals surface area contributed by atoms with Gasteiger partial charge in [-0.25, -0.2) is 0 Å². The first-order chi connectivity index (χ1) is 4.10. The van der Waals surface area contributed by atoms with Crippen LogP contribution in [-0.4, -0.2) is 19.4 Å². The lowest BCUT2D eigenvalue weighted by Crippen LogP contribution is -2.38. The van der Waals surface area contributed by atoms with Gasteiger partial charge in [-0.05, 0) is 27.2 Å². The Labute approximate surface area is 56.8 Å². The van der Waals surface area contributed by atoms with Crippen LogP contribution in [0, 0.1) is 0 Å². The Bertz CT molecular complexity index is 103. The molecule has 51 valence electrons. The molecule has 1 rings (SSSR count). The van der Waals surface area contributed by atoms with E-state index in [9.17, 15) is 0 Å². The third-order valence-corrected chi connectivity index (χ3v) is 1.43. The van der Waals surface area contributed by atoms with Gasteiger partial charge in [0, 0.05) is 6.10 Å². The molecule has 0 saturated carbocycles. The molecule has 1 atom stereocenters. The quantitative estimate of drug-likeness (QED) is 0.454. The Morgan fingerprint density at radius 1 is 1.56 bits per heavy atom. The fourth-order valence-corrected chi connectivity index (χ4v) is 1.04. The molecular weight excluding hydrogens is 115 g/mol. The van der Waals surface area contributed by atoms with Crippen molar-refractivity contribution < 1.29 is 9.31 Å². The third-order valence-electron chi connectivity index (χ3n) is 1.43. The van der Waals surface area contributed by atoms with Gasteiger partial charge in [0.15, 0.2) is 0 Å². The van der Waals surface area contributed by atoms with Gasteiger partial charge in [0.1, 0.15) is 0 Å². The first-order valence-electron chi connectivity index (χ1n) is 3.25. The normalized spacial score (nSPS) is 33.4. The second-order valence-corrected chi connectivity index (χ2v) is 3.12. The molecule has 0 aromatic heterocycles. The fraction of sp³-hybridized carbons (Fsp3) is 1.00. The summed E-state index contributed by atoms with van der Waals surface area (Å²) in [7, 11) is 1.44. The van der Waals surface area contributed by atoms with Gasteiger partial charge >= 0.3 is 7.69 Å². The Kier molecular flexibility index (Phi) is 1.82. The zero-order valence-electron chi connectivity index (χ0n) is 6.18. The van der Waals surface area contributed by atoms with Gasteiger partial charge in [-0.2, -0.15) is 0 Å². The molecule has 0 aromatic rings. The lowest BCUT2D eigenvalue weighted by molar-refractivity contribution is -0.0142. The minimum Gasteiger partial charge on any atom is -0.411 e. The smallest absolute Gasteiger partial charge is 0.411 e. The highest BCUT2D eigenvalue weighted by atomic mass is 16.6. The Morgan fingerprint density at radius 2 is 2.22 bits per heavy atom. The van der Waals surface area contributed by atoms with E-state index in [0.717, 1.165) is 6.42 Å². The standard InChI is InChI=1S/C6H12BO2/c1-5-4-6(2,3)9-7-8-5/h5H,4H2,1-3H3/t5-/m1/s1. The molecule has 0 aliphatic carbocycles. The van der Waals surface area contributed by atoms with Gasteiger partial charge in [-0.1, -0.05) is 0 Å². The molecule has 2 nitrogen and oxygen atoms in total. The second kappa shape index (κ2) is 2.31. The SMILES string of the molecule is C[C@@H]1CC(C)(C)O[B]O1. The van der Waals surface area contributed by atoms with Gasteiger partial charge in [-0.3, -0.25) is 0 Å². The first-order valence-corrected chi connectivity index (χ1v) is 3.25. The van der Waals surface area contributed by atoms with Crippen LogP contribution in [0.5, 0.6) is 0 Å². The van der Waals surface area contributed by atoms with E-state index >= 15 is 0 Å². The van der Waals surface area contributed by atoms with E-state index in [-0.39, 0.29) is 5.60 Å². The molecular formula is C6H12BO2. The molecule has 0 N–H and O–H groups in total. The van der Waals surface area contributed by atoms with Crippen molar-refractivity contribution >= 4 is 7.69 Å². The average molecular weight is 127 g/mol. The van der Waals surface area contributed by atoms with Crippen molar-refractivity contribution in [1.29, 1.82) is 0 Å². The maximum absolute atomic E-state index is 5.19. The molecule has 1 aliphatic heterocycles. The van der Waals surface area contributed by atoms with E-state index in [1.165, 1.54) is 7.69 Å². The molecule has 1 saturated heterocycles. The highest BCUT2D eigenvalue weighted by molar-refractivity contribution is 6.18. The van der Waals surface area contributed by atoms with Crippen molar-refractivity contribution in [2.45, 2.75) is 38.9 Å². The van der Waals surface area contributed by atoms with Crippen LogP contribution in [0.25, 0.3) is 0 Å². The maximum Gasteiger partial charge on any atom is 0.488 e. The molecule has 0 bridgehead atoms. The Balaban J connectivity index is 2.41. The van der Waals surface area contributed by atoms with Crippen molar-refractivity contribution in [2.75, 3.05) is 0 Å². The molecule has 1 fully saturated rings. The molecule has 1 aliphatic rings. The molecule has 0 spiro atoms. The summed E-state index contributed by atoms with van der Waals surface area (Å²) in [5, 5.41) is 0. The predicted molar refractivity (Wildman–Crippen MR) is 36.1 cm³/mol.